The number of hydrogen-bond donors (Lipinski definition) is 0. The van der Waals surface area contributed by atoms with Gasteiger partial charge in [0, 0.05) is 6.07 Å². The Bertz CT molecular complexity index is 1320. The molecule has 4 aromatic carbocycles. The Kier molecular flexibility index (Phi) is 3.58. The third-order valence-electron chi connectivity index (χ3n) is 5.17. The monoisotopic (exact) mass is 351 g/mol. The van der Waals surface area contributed by atoms with Crippen molar-refractivity contribution in [3.05, 3.63) is 84.4 Å². The van der Waals surface area contributed by atoms with E-state index in [9.17, 15) is 0 Å². The number of fused-ring (bicyclic) bond motifs is 4. The maximum absolute atomic E-state index is 6.36. The van der Waals surface area contributed by atoms with E-state index in [0.29, 0.717) is 0 Å². The first-order valence-corrected chi connectivity index (χ1v) is 9.06. The smallest absolute Gasteiger partial charge is 0.363 e. The largest absolute Gasteiger partial charge is 0.497 e. The summed E-state index contributed by atoms with van der Waals surface area (Å²) in [6, 6.07) is 27.4. The van der Waals surface area contributed by atoms with Crippen molar-refractivity contribution in [2.75, 3.05) is 7.11 Å². The first-order valence-electron chi connectivity index (χ1n) is 9.06. The van der Waals surface area contributed by atoms with Gasteiger partial charge in [0.15, 0.2) is 0 Å². The molecule has 0 saturated carbocycles. The topological polar surface area (TPSA) is 20.5 Å². The zero-order valence-electron chi connectivity index (χ0n) is 15.3. The average molecular weight is 351 g/mol. The van der Waals surface area contributed by atoms with Crippen LogP contribution in [-0.4, -0.2) is 7.11 Å². The van der Waals surface area contributed by atoms with E-state index >= 15 is 0 Å². The van der Waals surface area contributed by atoms with E-state index in [1.54, 1.807) is 7.11 Å². The first kappa shape index (κ1) is 15.8. The Morgan fingerprint density at radius 1 is 0.704 bits per heavy atom. The van der Waals surface area contributed by atoms with Crippen molar-refractivity contribution in [2.45, 2.75) is 6.92 Å². The Morgan fingerprint density at radius 3 is 2.37 bits per heavy atom. The van der Waals surface area contributed by atoms with Crippen molar-refractivity contribution in [1.29, 1.82) is 0 Å². The molecule has 2 heteroatoms. The van der Waals surface area contributed by atoms with Crippen LogP contribution in [0.3, 0.4) is 0 Å². The molecule has 130 valence electrons. The van der Waals surface area contributed by atoms with Crippen molar-refractivity contribution in [3.63, 3.8) is 0 Å². The zero-order valence-corrected chi connectivity index (χ0v) is 15.3. The molecule has 0 radical (unpaired) electrons. The van der Waals surface area contributed by atoms with Crippen molar-refractivity contribution >= 4 is 32.5 Å². The molecule has 2 nitrogen and oxygen atoms in total. The third-order valence-corrected chi connectivity index (χ3v) is 5.17. The van der Waals surface area contributed by atoms with Crippen molar-refractivity contribution < 1.29 is 9.15 Å². The maximum atomic E-state index is 6.36. The van der Waals surface area contributed by atoms with Crippen LogP contribution in [0, 0.1) is 6.92 Å². The summed E-state index contributed by atoms with van der Waals surface area (Å²) in [6.45, 7) is 2.11. The molecular weight excluding hydrogens is 332 g/mol. The Balaban J connectivity index is 1.71. The van der Waals surface area contributed by atoms with Gasteiger partial charge in [0.05, 0.1) is 23.6 Å². The second-order valence-corrected chi connectivity index (χ2v) is 6.88. The molecule has 0 aliphatic carbocycles. The predicted octanol–water partition coefficient (Wildman–Crippen LogP) is 7.00. The van der Waals surface area contributed by atoms with E-state index in [1.807, 2.05) is 6.07 Å². The van der Waals surface area contributed by atoms with Gasteiger partial charge in [0.25, 0.3) is 0 Å². The van der Waals surface area contributed by atoms with E-state index in [2.05, 4.69) is 79.7 Å². The molecule has 0 bridgehead atoms. The molecule has 0 aliphatic rings. The van der Waals surface area contributed by atoms with Gasteiger partial charge in [-0.25, -0.2) is 4.42 Å². The van der Waals surface area contributed by atoms with Crippen LogP contribution in [0.25, 0.3) is 43.8 Å². The molecule has 1 heterocycles. The number of aryl methyl sites for hydroxylation is 1. The molecule has 0 aliphatic heterocycles. The van der Waals surface area contributed by atoms with E-state index < -0.39 is 0 Å². The lowest BCUT2D eigenvalue weighted by Gasteiger charge is -2.04. The van der Waals surface area contributed by atoms with Gasteiger partial charge in [-0.2, -0.15) is 0 Å². The van der Waals surface area contributed by atoms with E-state index in [-0.39, 0.29) is 0 Å². The van der Waals surface area contributed by atoms with Crippen LogP contribution in [-0.2, 0) is 0 Å². The average Bonchev–Trinajstić information content (AvgIpc) is 2.72. The number of hydrogen-bond acceptors (Lipinski definition) is 1. The first-order chi connectivity index (χ1) is 13.2. The minimum absolute atomic E-state index is 0.869. The fourth-order valence-electron chi connectivity index (χ4n) is 3.76. The molecule has 0 N–H and O–H groups in total. The summed E-state index contributed by atoms with van der Waals surface area (Å²) in [5.41, 5.74) is 3.12. The van der Waals surface area contributed by atoms with Crippen LogP contribution in [0.15, 0.2) is 83.3 Å². The molecule has 0 spiro atoms. The van der Waals surface area contributed by atoms with Crippen LogP contribution in [0.2, 0.25) is 0 Å². The van der Waals surface area contributed by atoms with Gasteiger partial charge >= 0.3 is 11.3 Å². The van der Waals surface area contributed by atoms with Crippen LogP contribution in [0.5, 0.6) is 5.75 Å². The van der Waals surface area contributed by atoms with Gasteiger partial charge in [0.2, 0.25) is 0 Å². The minimum atomic E-state index is 0.869. The van der Waals surface area contributed by atoms with E-state index in [0.717, 1.165) is 39.0 Å². The van der Waals surface area contributed by atoms with Crippen LogP contribution < -0.4 is 4.74 Å². The SMILES string of the molecule is COc1ccc2cc(-c3[o+]c4ccc5ccccc5c4cc3C)ccc2c1. The lowest BCUT2D eigenvalue weighted by atomic mass is 10.0. The van der Waals surface area contributed by atoms with Crippen molar-refractivity contribution in [1.82, 2.24) is 0 Å². The molecule has 0 saturated heterocycles. The van der Waals surface area contributed by atoms with Gasteiger partial charge in [-0.1, -0.05) is 36.4 Å². The summed E-state index contributed by atoms with van der Waals surface area (Å²) in [5, 5.41) is 5.93. The van der Waals surface area contributed by atoms with Gasteiger partial charge < -0.3 is 4.74 Å². The van der Waals surface area contributed by atoms with E-state index in [4.69, 9.17) is 9.15 Å². The third kappa shape index (κ3) is 2.61. The lowest BCUT2D eigenvalue weighted by molar-refractivity contribution is 0.415. The molecule has 0 fully saturated rings. The highest BCUT2D eigenvalue weighted by molar-refractivity contribution is 6.06. The fraction of sp³-hybridized carbons (Fsp3) is 0.0800. The number of ether oxygens (including phenoxy) is 1. The molecule has 0 amide bonds. The Hall–Kier alpha value is -3.39. The normalized spacial score (nSPS) is 11.3. The molecule has 27 heavy (non-hydrogen) atoms. The molecular formula is C25H19O2+. The highest BCUT2D eigenvalue weighted by atomic mass is 16.5. The standard InChI is InChI=1S/C25H19O2/c1-16-13-23-22-6-4-3-5-17(22)10-12-24(23)27-25(16)20-8-7-19-15-21(26-2)11-9-18(19)14-20/h3-15H,1-2H3/q+1. The van der Waals surface area contributed by atoms with Gasteiger partial charge in [-0.3, -0.25) is 0 Å². The Labute approximate surface area is 157 Å². The molecule has 1 aromatic heterocycles. The van der Waals surface area contributed by atoms with Gasteiger partial charge in [-0.05, 0) is 64.9 Å². The van der Waals surface area contributed by atoms with Crippen LogP contribution >= 0.6 is 0 Å². The van der Waals surface area contributed by atoms with Crippen molar-refractivity contribution in [3.8, 4) is 17.1 Å². The highest BCUT2D eigenvalue weighted by Gasteiger charge is 2.20. The summed E-state index contributed by atoms with van der Waals surface area (Å²) < 4.78 is 11.7. The molecule has 5 rings (SSSR count). The molecule has 0 atom stereocenters. The summed E-state index contributed by atoms with van der Waals surface area (Å²) in [4.78, 5) is 0. The summed E-state index contributed by atoms with van der Waals surface area (Å²) in [7, 11) is 1.69. The summed E-state index contributed by atoms with van der Waals surface area (Å²) in [6.07, 6.45) is 0. The summed E-state index contributed by atoms with van der Waals surface area (Å²) >= 11 is 0. The van der Waals surface area contributed by atoms with Crippen LogP contribution in [0.1, 0.15) is 5.56 Å². The minimum Gasteiger partial charge on any atom is -0.497 e. The predicted molar refractivity (Wildman–Crippen MR) is 112 cm³/mol. The fourth-order valence-corrected chi connectivity index (χ4v) is 3.76. The zero-order chi connectivity index (χ0) is 18.4. The number of benzene rings is 4. The molecule has 0 unspecified atom stereocenters. The second-order valence-electron chi connectivity index (χ2n) is 6.88. The maximum Gasteiger partial charge on any atom is 0.363 e. The highest BCUT2D eigenvalue weighted by Crippen LogP contribution is 2.34. The van der Waals surface area contributed by atoms with Crippen LogP contribution in [0.4, 0.5) is 0 Å². The number of methoxy groups -OCH3 is 1. The Morgan fingerprint density at radius 2 is 1.48 bits per heavy atom. The second kappa shape index (κ2) is 6.10. The molecule has 5 aromatic rings. The quantitative estimate of drug-likeness (QED) is 0.252. The van der Waals surface area contributed by atoms with Gasteiger partial charge in [-0.15, -0.1) is 0 Å². The van der Waals surface area contributed by atoms with E-state index in [1.165, 1.54) is 16.2 Å². The number of rotatable bonds is 2. The summed E-state index contributed by atoms with van der Waals surface area (Å²) in [5.74, 6) is 1.78. The lowest BCUT2D eigenvalue weighted by Crippen LogP contribution is -1.87. The van der Waals surface area contributed by atoms with Crippen molar-refractivity contribution in [2.24, 2.45) is 0 Å². The van der Waals surface area contributed by atoms with Gasteiger partial charge in [0.1, 0.15) is 5.75 Å².